The lowest BCUT2D eigenvalue weighted by Crippen LogP contribution is -2.20. The molecule has 0 saturated carbocycles. The molecule has 0 amide bonds. The zero-order valence-electron chi connectivity index (χ0n) is 10.7. The van der Waals surface area contributed by atoms with Crippen molar-refractivity contribution in [2.24, 2.45) is 0 Å². The van der Waals surface area contributed by atoms with E-state index in [0.29, 0.717) is 0 Å². The van der Waals surface area contributed by atoms with Gasteiger partial charge in [0.1, 0.15) is 11.6 Å². The maximum absolute atomic E-state index is 13.9. The van der Waals surface area contributed by atoms with E-state index in [1.807, 2.05) is 0 Å². The van der Waals surface area contributed by atoms with Gasteiger partial charge in [-0.1, -0.05) is 0 Å². The second-order valence-corrected chi connectivity index (χ2v) is 5.16. The quantitative estimate of drug-likeness (QED) is 0.481. The van der Waals surface area contributed by atoms with Crippen molar-refractivity contribution in [2.45, 2.75) is 6.04 Å². The SMILES string of the molecule is CNC(c1cc(F)c(F)c(F)c1)c1cc(F)c(Br)cc1F. The van der Waals surface area contributed by atoms with Crippen molar-refractivity contribution in [3.8, 4) is 0 Å². The molecular weight excluding hydrogens is 357 g/mol. The third-order valence-corrected chi connectivity index (χ3v) is 3.59. The largest absolute Gasteiger partial charge is 0.309 e. The van der Waals surface area contributed by atoms with E-state index in [-0.39, 0.29) is 15.6 Å². The summed E-state index contributed by atoms with van der Waals surface area (Å²) in [4.78, 5) is 0. The zero-order chi connectivity index (χ0) is 15.7. The van der Waals surface area contributed by atoms with Crippen LogP contribution in [0.25, 0.3) is 0 Å². The molecule has 0 heterocycles. The van der Waals surface area contributed by atoms with Gasteiger partial charge in [0, 0.05) is 5.56 Å². The molecule has 1 atom stereocenters. The summed E-state index contributed by atoms with van der Waals surface area (Å²) < 4.78 is 66.9. The molecule has 1 unspecified atom stereocenters. The Bertz CT molecular complexity index is 666. The fourth-order valence-corrected chi connectivity index (χ4v) is 2.32. The highest BCUT2D eigenvalue weighted by Crippen LogP contribution is 2.29. The number of benzene rings is 2. The van der Waals surface area contributed by atoms with Gasteiger partial charge in [-0.25, -0.2) is 22.0 Å². The van der Waals surface area contributed by atoms with Gasteiger partial charge in [0.25, 0.3) is 0 Å². The average Bonchev–Trinajstić information content (AvgIpc) is 2.42. The van der Waals surface area contributed by atoms with Crippen LogP contribution < -0.4 is 5.32 Å². The molecule has 1 N–H and O–H groups in total. The molecule has 2 rings (SSSR count). The van der Waals surface area contributed by atoms with Crippen molar-refractivity contribution in [3.05, 3.63) is 69.0 Å². The molecular formula is C14H9BrF5N. The summed E-state index contributed by atoms with van der Waals surface area (Å²) >= 11 is 2.84. The molecule has 0 spiro atoms. The van der Waals surface area contributed by atoms with Crippen LogP contribution in [0.1, 0.15) is 17.2 Å². The average molecular weight is 366 g/mol. The van der Waals surface area contributed by atoms with E-state index in [1.165, 1.54) is 7.05 Å². The maximum Gasteiger partial charge on any atom is 0.194 e. The lowest BCUT2D eigenvalue weighted by atomic mass is 9.98. The van der Waals surface area contributed by atoms with Crippen LogP contribution in [0.4, 0.5) is 22.0 Å². The minimum atomic E-state index is -1.61. The standard InChI is InChI=1S/C14H9BrF5N/c1-21-14(6-2-11(18)13(20)12(19)3-6)7-4-10(17)8(15)5-9(7)16/h2-5,14,21H,1H3. The third kappa shape index (κ3) is 3.08. The zero-order valence-corrected chi connectivity index (χ0v) is 12.2. The molecule has 0 aliphatic heterocycles. The molecule has 112 valence electrons. The second kappa shape index (κ2) is 6.11. The lowest BCUT2D eigenvalue weighted by Gasteiger charge is -2.19. The summed E-state index contributed by atoms with van der Waals surface area (Å²) in [5.41, 5.74) is -0.210. The highest BCUT2D eigenvalue weighted by molar-refractivity contribution is 9.10. The van der Waals surface area contributed by atoms with Crippen LogP contribution >= 0.6 is 15.9 Å². The summed E-state index contributed by atoms with van der Waals surface area (Å²) in [5, 5.41) is 2.62. The minimum Gasteiger partial charge on any atom is -0.309 e. The monoisotopic (exact) mass is 365 g/mol. The van der Waals surface area contributed by atoms with E-state index in [0.717, 1.165) is 24.3 Å². The summed E-state index contributed by atoms with van der Waals surface area (Å²) in [5.74, 6) is -5.91. The van der Waals surface area contributed by atoms with Crippen LogP contribution in [0, 0.1) is 29.1 Å². The van der Waals surface area contributed by atoms with Crippen molar-refractivity contribution in [3.63, 3.8) is 0 Å². The predicted molar refractivity (Wildman–Crippen MR) is 71.3 cm³/mol. The van der Waals surface area contributed by atoms with Gasteiger partial charge in [-0.15, -0.1) is 0 Å². The minimum absolute atomic E-state index is 0.0606. The molecule has 1 nitrogen and oxygen atoms in total. The van der Waals surface area contributed by atoms with Crippen LogP contribution in [0.3, 0.4) is 0 Å². The number of halogens is 6. The van der Waals surface area contributed by atoms with Gasteiger partial charge in [0.2, 0.25) is 0 Å². The summed E-state index contributed by atoms with van der Waals surface area (Å²) in [6.45, 7) is 0. The summed E-state index contributed by atoms with van der Waals surface area (Å²) in [6.07, 6.45) is 0. The van der Waals surface area contributed by atoms with E-state index < -0.39 is 35.1 Å². The van der Waals surface area contributed by atoms with Crippen LogP contribution in [-0.2, 0) is 0 Å². The Balaban J connectivity index is 2.57. The fraction of sp³-hybridized carbons (Fsp3) is 0.143. The Hall–Kier alpha value is -1.47. The van der Waals surface area contributed by atoms with Crippen LogP contribution in [0.5, 0.6) is 0 Å². The van der Waals surface area contributed by atoms with Crippen molar-refractivity contribution in [1.82, 2.24) is 5.32 Å². The Morgan fingerprint density at radius 3 is 1.95 bits per heavy atom. The van der Waals surface area contributed by atoms with Crippen molar-refractivity contribution < 1.29 is 22.0 Å². The lowest BCUT2D eigenvalue weighted by molar-refractivity contribution is 0.442. The molecule has 0 radical (unpaired) electrons. The van der Waals surface area contributed by atoms with Gasteiger partial charge < -0.3 is 5.32 Å². The van der Waals surface area contributed by atoms with Crippen LogP contribution in [0.15, 0.2) is 28.7 Å². The normalized spacial score (nSPS) is 12.5. The smallest absolute Gasteiger partial charge is 0.194 e. The van der Waals surface area contributed by atoms with Crippen molar-refractivity contribution in [1.29, 1.82) is 0 Å². The first kappa shape index (κ1) is 15.9. The number of hydrogen-bond acceptors (Lipinski definition) is 1. The first-order valence-electron chi connectivity index (χ1n) is 5.81. The third-order valence-electron chi connectivity index (χ3n) is 2.98. The van der Waals surface area contributed by atoms with Crippen molar-refractivity contribution >= 4 is 15.9 Å². The summed E-state index contributed by atoms with van der Waals surface area (Å²) in [6, 6.07) is 2.25. The molecule has 0 bridgehead atoms. The van der Waals surface area contributed by atoms with E-state index in [2.05, 4.69) is 21.2 Å². The van der Waals surface area contributed by atoms with E-state index in [4.69, 9.17) is 0 Å². The molecule has 2 aromatic carbocycles. The second-order valence-electron chi connectivity index (χ2n) is 4.31. The molecule has 2 aromatic rings. The Kier molecular flexibility index (Phi) is 4.63. The topological polar surface area (TPSA) is 12.0 Å². The molecule has 7 heteroatoms. The highest BCUT2D eigenvalue weighted by atomic mass is 79.9. The Labute approximate surface area is 125 Å². The molecule has 0 saturated heterocycles. The molecule has 0 aromatic heterocycles. The number of rotatable bonds is 3. The Morgan fingerprint density at radius 2 is 1.43 bits per heavy atom. The number of nitrogens with one attached hydrogen (secondary N) is 1. The van der Waals surface area contributed by atoms with Crippen LogP contribution in [0.2, 0.25) is 0 Å². The van der Waals surface area contributed by atoms with E-state index in [1.54, 1.807) is 0 Å². The van der Waals surface area contributed by atoms with E-state index >= 15 is 0 Å². The number of hydrogen-bond donors (Lipinski definition) is 1. The fourth-order valence-electron chi connectivity index (χ4n) is 2.00. The van der Waals surface area contributed by atoms with Gasteiger partial charge in [0.15, 0.2) is 17.5 Å². The molecule has 0 aliphatic carbocycles. The molecule has 21 heavy (non-hydrogen) atoms. The highest BCUT2D eigenvalue weighted by Gasteiger charge is 2.21. The van der Waals surface area contributed by atoms with Crippen molar-refractivity contribution in [2.75, 3.05) is 7.05 Å². The van der Waals surface area contributed by atoms with Gasteiger partial charge in [-0.05, 0) is 52.8 Å². The van der Waals surface area contributed by atoms with E-state index in [9.17, 15) is 22.0 Å². The summed E-state index contributed by atoms with van der Waals surface area (Å²) in [7, 11) is 1.41. The van der Waals surface area contributed by atoms with Gasteiger partial charge in [0.05, 0.1) is 10.5 Å². The maximum atomic E-state index is 13.9. The first-order chi connectivity index (χ1) is 9.85. The van der Waals surface area contributed by atoms with Gasteiger partial charge in [-0.2, -0.15) is 0 Å². The molecule has 0 fully saturated rings. The van der Waals surface area contributed by atoms with Crippen LogP contribution in [-0.4, -0.2) is 7.05 Å². The van der Waals surface area contributed by atoms with Gasteiger partial charge >= 0.3 is 0 Å². The Morgan fingerprint density at radius 1 is 0.857 bits per heavy atom. The molecule has 0 aliphatic rings. The first-order valence-corrected chi connectivity index (χ1v) is 6.60. The predicted octanol–water partition coefficient (Wildman–Crippen LogP) is 4.45. The van der Waals surface area contributed by atoms with Gasteiger partial charge in [-0.3, -0.25) is 0 Å².